The highest BCUT2D eigenvalue weighted by atomic mass is 79.9. The van der Waals surface area contributed by atoms with Crippen molar-refractivity contribution in [3.8, 4) is 0 Å². The van der Waals surface area contributed by atoms with Crippen molar-refractivity contribution in [3.63, 3.8) is 0 Å². The zero-order chi connectivity index (χ0) is 22.1. The standard InChI is InChI=1S/C10H6BrClO2S.C10H8BrNO2S/c2*11-9-5-6-10(15(12,13)14)8-4-2-1-3-7(8)9/h1-6H;1-6H,(H2,12,13,14). The van der Waals surface area contributed by atoms with Crippen LogP contribution >= 0.6 is 42.5 Å². The molecule has 4 aromatic rings. The Balaban J connectivity index is 0.000000171. The van der Waals surface area contributed by atoms with Crippen molar-refractivity contribution in [1.29, 1.82) is 0 Å². The van der Waals surface area contributed by atoms with Crippen LogP contribution in [-0.2, 0) is 19.1 Å². The molecule has 0 atom stereocenters. The van der Waals surface area contributed by atoms with Crippen molar-refractivity contribution < 1.29 is 16.8 Å². The fourth-order valence-electron chi connectivity index (χ4n) is 2.93. The molecule has 0 bridgehead atoms. The lowest BCUT2D eigenvalue weighted by Crippen LogP contribution is -2.12. The summed E-state index contributed by atoms with van der Waals surface area (Å²) in [4.78, 5) is 0.296. The quantitative estimate of drug-likeness (QED) is 0.299. The van der Waals surface area contributed by atoms with E-state index in [9.17, 15) is 16.8 Å². The van der Waals surface area contributed by atoms with E-state index in [0.717, 1.165) is 19.7 Å². The van der Waals surface area contributed by atoms with Crippen LogP contribution in [0.2, 0.25) is 0 Å². The first-order valence-electron chi connectivity index (χ1n) is 8.32. The average molecular weight is 592 g/mol. The lowest BCUT2D eigenvalue weighted by atomic mass is 10.1. The Kier molecular flexibility index (Phi) is 6.91. The Morgan fingerprint density at radius 2 is 0.967 bits per heavy atom. The highest BCUT2D eigenvalue weighted by molar-refractivity contribution is 9.11. The Bertz CT molecular complexity index is 1360. The minimum Gasteiger partial charge on any atom is -0.225 e. The number of hydrogen-bond acceptors (Lipinski definition) is 4. The fraction of sp³-hybridized carbons (Fsp3) is 0. The van der Waals surface area contributed by atoms with Gasteiger partial charge < -0.3 is 0 Å². The highest BCUT2D eigenvalue weighted by Crippen LogP contribution is 2.31. The molecule has 4 rings (SSSR count). The van der Waals surface area contributed by atoms with E-state index in [1.807, 2.05) is 24.3 Å². The predicted molar refractivity (Wildman–Crippen MR) is 128 cm³/mol. The van der Waals surface area contributed by atoms with Crippen LogP contribution in [-0.4, -0.2) is 16.8 Å². The summed E-state index contributed by atoms with van der Waals surface area (Å²) >= 11 is 6.72. The zero-order valence-electron chi connectivity index (χ0n) is 15.1. The monoisotopic (exact) mass is 589 g/mol. The van der Waals surface area contributed by atoms with E-state index < -0.39 is 19.1 Å². The summed E-state index contributed by atoms with van der Waals surface area (Å²) in [5, 5.41) is 8.06. The van der Waals surface area contributed by atoms with Crippen LogP contribution in [0.4, 0.5) is 0 Å². The van der Waals surface area contributed by atoms with E-state index in [0.29, 0.717) is 10.8 Å². The van der Waals surface area contributed by atoms with Crippen LogP contribution in [0.5, 0.6) is 0 Å². The lowest BCUT2D eigenvalue weighted by molar-refractivity contribution is 0.598. The maximum Gasteiger partial charge on any atom is 0.261 e. The number of fused-ring (bicyclic) bond motifs is 2. The molecule has 0 saturated carbocycles. The van der Waals surface area contributed by atoms with Gasteiger partial charge in [0.05, 0.1) is 9.79 Å². The molecule has 2 N–H and O–H groups in total. The molecular formula is C20H14Br2ClNO4S2. The van der Waals surface area contributed by atoms with Crippen LogP contribution < -0.4 is 5.14 Å². The third-order valence-corrected chi connectivity index (χ3v) is 7.96. The maximum atomic E-state index is 11.3. The second kappa shape index (κ2) is 8.94. The van der Waals surface area contributed by atoms with Gasteiger partial charge >= 0.3 is 0 Å². The van der Waals surface area contributed by atoms with E-state index >= 15 is 0 Å². The largest absolute Gasteiger partial charge is 0.261 e. The molecule has 5 nitrogen and oxygen atoms in total. The summed E-state index contributed by atoms with van der Waals surface area (Å²) in [6, 6.07) is 20.8. The Morgan fingerprint density at radius 1 is 0.600 bits per heavy atom. The van der Waals surface area contributed by atoms with Gasteiger partial charge in [-0.2, -0.15) is 0 Å². The topological polar surface area (TPSA) is 94.3 Å². The Hall–Kier alpha value is -1.49. The molecule has 0 unspecified atom stereocenters. The van der Waals surface area contributed by atoms with Crippen molar-refractivity contribution >= 4 is 83.2 Å². The van der Waals surface area contributed by atoms with Gasteiger partial charge in [0.1, 0.15) is 0 Å². The first-order valence-corrected chi connectivity index (χ1v) is 13.8. The summed E-state index contributed by atoms with van der Waals surface area (Å²) < 4.78 is 47.0. The molecule has 0 amide bonds. The SMILES string of the molecule is NS(=O)(=O)c1ccc(Br)c2ccccc12.O=S(=O)(Cl)c1ccc(Br)c2ccccc12. The van der Waals surface area contributed by atoms with E-state index in [1.54, 1.807) is 36.4 Å². The average Bonchev–Trinajstić information content (AvgIpc) is 2.67. The number of benzene rings is 4. The summed E-state index contributed by atoms with van der Waals surface area (Å²) in [6.45, 7) is 0. The van der Waals surface area contributed by atoms with E-state index in [1.165, 1.54) is 12.1 Å². The van der Waals surface area contributed by atoms with Gasteiger partial charge in [0.2, 0.25) is 10.0 Å². The smallest absolute Gasteiger partial charge is 0.225 e. The van der Waals surface area contributed by atoms with Gasteiger partial charge in [0, 0.05) is 30.4 Å². The van der Waals surface area contributed by atoms with Gasteiger partial charge in [-0.3, -0.25) is 0 Å². The molecule has 0 fully saturated rings. The molecule has 4 aromatic carbocycles. The molecule has 0 spiro atoms. The molecule has 30 heavy (non-hydrogen) atoms. The molecule has 0 aliphatic carbocycles. The Morgan fingerprint density at radius 3 is 1.37 bits per heavy atom. The molecule has 10 heteroatoms. The summed E-state index contributed by atoms with van der Waals surface area (Å²) in [5.74, 6) is 0. The van der Waals surface area contributed by atoms with Gasteiger partial charge in [-0.1, -0.05) is 80.4 Å². The van der Waals surface area contributed by atoms with Gasteiger partial charge in [-0.05, 0) is 35.0 Å². The van der Waals surface area contributed by atoms with Gasteiger partial charge in [0.15, 0.2) is 0 Å². The van der Waals surface area contributed by atoms with Crippen LogP contribution in [0.15, 0.2) is 91.5 Å². The summed E-state index contributed by atoms with van der Waals surface area (Å²) in [7, 11) is -2.02. The second-order valence-corrected chi connectivity index (χ2v) is 11.9. The summed E-state index contributed by atoms with van der Waals surface area (Å²) in [5.41, 5.74) is 0. The first-order chi connectivity index (χ1) is 14.0. The van der Waals surface area contributed by atoms with E-state index in [4.69, 9.17) is 15.8 Å². The number of nitrogens with two attached hydrogens (primary N) is 1. The first kappa shape index (κ1) is 23.2. The second-order valence-electron chi connectivity index (χ2n) is 6.17. The molecule has 0 aromatic heterocycles. The molecule has 0 aliphatic rings. The number of sulfonamides is 1. The van der Waals surface area contributed by atoms with Crippen molar-refractivity contribution in [3.05, 3.63) is 81.7 Å². The van der Waals surface area contributed by atoms with Gasteiger partial charge in [-0.25, -0.2) is 22.0 Å². The lowest BCUT2D eigenvalue weighted by Gasteiger charge is -2.05. The minimum atomic E-state index is -3.69. The molecule has 156 valence electrons. The molecule has 0 saturated heterocycles. The van der Waals surface area contributed by atoms with Crippen LogP contribution in [0, 0.1) is 0 Å². The Labute approximate surface area is 195 Å². The molecule has 0 aliphatic heterocycles. The zero-order valence-corrected chi connectivity index (χ0v) is 20.6. The van der Waals surface area contributed by atoms with Crippen molar-refractivity contribution in [1.82, 2.24) is 0 Å². The number of halogens is 3. The molecule has 0 radical (unpaired) electrons. The number of rotatable bonds is 2. The third-order valence-electron chi connectivity index (χ3n) is 4.23. The molecular weight excluding hydrogens is 578 g/mol. The van der Waals surface area contributed by atoms with E-state index in [-0.39, 0.29) is 9.79 Å². The van der Waals surface area contributed by atoms with E-state index in [2.05, 4.69) is 31.9 Å². The molecule has 0 heterocycles. The van der Waals surface area contributed by atoms with Crippen molar-refractivity contribution in [2.75, 3.05) is 0 Å². The number of primary sulfonamides is 1. The van der Waals surface area contributed by atoms with Crippen molar-refractivity contribution in [2.24, 2.45) is 5.14 Å². The van der Waals surface area contributed by atoms with Crippen LogP contribution in [0.25, 0.3) is 21.5 Å². The number of hydrogen-bond donors (Lipinski definition) is 1. The van der Waals surface area contributed by atoms with Crippen molar-refractivity contribution in [2.45, 2.75) is 9.79 Å². The summed E-state index contributed by atoms with van der Waals surface area (Å²) in [6.07, 6.45) is 0. The van der Waals surface area contributed by atoms with Crippen LogP contribution in [0.1, 0.15) is 0 Å². The minimum absolute atomic E-state index is 0.142. The van der Waals surface area contributed by atoms with Gasteiger partial charge in [0.25, 0.3) is 9.05 Å². The predicted octanol–water partition coefficient (Wildman–Crippen LogP) is 5.78. The van der Waals surface area contributed by atoms with Gasteiger partial charge in [-0.15, -0.1) is 0 Å². The maximum absolute atomic E-state index is 11.3. The highest BCUT2D eigenvalue weighted by Gasteiger charge is 2.15. The fourth-order valence-corrected chi connectivity index (χ4v) is 5.70. The third kappa shape index (κ3) is 5.04. The van der Waals surface area contributed by atoms with Crippen LogP contribution in [0.3, 0.4) is 0 Å². The normalized spacial score (nSPS) is 11.9.